The van der Waals surface area contributed by atoms with E-state index in [1.54, 1.807) is 28.8 Å². The predicted molar refractivity (Wildman–Crippen MR) is 176 cm³/mol. The van der Waals surface area contributed by atoms with Crippen LogP contribution >= 0.6 is 11.8 Å². The molecule has 3 fully saturated rings. The fourth-order valence-corrected chi connectivity index (χ4v) is 10.3. The first-order valence-corrected chi connectivity index (χ1v) is 16.7. The van der Waals surface area contributed by atoms with Crippen LogP contribution < -0.4 is 4.90 Å². The predicted octanol–water partition coefficient (Wildman–Crippen LogP) is 5.69. The second-order valence-corrected chi connectivity index (χ2v) is 15.8. The lowest BCUT2D eigenvalue weighted by molar-refractivity contribution is -0.146. The Bertz CT molecular complexity index is 1200. The number of likely N-dealkylation sites (tertiary alicyclic amines) is 1. The Hall–Kier alpha value is -2.58. The molecule has 2 unspecified atom stereocenters. The molecule has 1 N–H and O–H groups in total. The van der Waals surface area contributed by atoms with Crippen LogP contribution in [0.15, 0.2) is 55.6 Å². The summed E-state index contributed by atoms with van der Waals surface area (Å²) in [5.74, 6) is -1.23. The SMILES string of the molecule is C=CCN(C(=O)[C@@H]1[C@@H]2CCC3(S2)C(C(=O)N(CC=C)C(C)(C)CC(C)(C)C)N(CCCCCO)C(=O)[C@H]13)c1ccccc1. The Morgan fingerprint density at radius 1 is 1.05 bits per heavy atom. The topological polar surface area (TPSA) is 81.2 Å². The van der Waals surface area contributed by atoms with E-state index in [4.69, 9.17) is 0 Å². The molecule has 8 heteroatoms. The van der Waals surface area contributed by atoms with Crippen molar-refractivity contribution in [3.8, 4) is 0 Å². The molecular formula is C35H51N3O4S. The number of carbonyl (C=O) groups is 3. The van der Waals surface area contributed by atoms with Gasteiger partial charge in [-0.1, -0.05) is 51.1 Å². The summed E-state index contributed by atoms with van der Waals surface area (Å²) in [5.41, 5.74) is 0.312. The molecule has 1 aromatic carbocycles. The highest BCUT2D eigenvalue weighted by Gasteiger charge is 2.74. The van der Waals surface area contributed by atoms with Crippen molar-refractivity contribution in [2.24, 2.45) is 17.3 Å². The Kier molecular flexibility index (Phi) is 10.2. The molecule has 0 radical (unpaired) electrons. The van der Waals surface area contributed by atoms with E-state index in [2.05, 4.69) is 47.8 Å². The van der Waals surface area contributed by atoms with Crippen molar-refractivity contribution >= 4 is 35.2 Å². The zero-order valence-electron chi connectivity index (χ0n) is 26.8. The summed E-state index contributed by atoms with van der Waals surface area (Å²) < 4.78 is -0.649. The number of carbonyl (C=O) groups excluding carboxylic acids is 3. The van der Waals surface area contributed by atoms with Crippen LogP contribution in [0.1, 0.15) is 73.1 Å². The van der Waals surface area contributed by atoms with Crippen molar-refractivity contribution < 1.29 is 19.5 Å². The average molecular weight is 610 g/mol. The van der Waals surface area contributed by atoms with E-state index in [1.165, 1.54) is 0 Å². The smallest absolute Gasteiger partial charge is 0.247 e. The van der Waals surface area contributed by atoms with Gasteiger partial charge in [0.15, 0.2) is 0 Å². The van der Waals surface area contributed by atoms with Crippen LogP contribution in [0.25, 0.3) is 0 Å². The maximum Gasteiger partial charge on any atom is 0.247 e. The summed E-state index contributed by atoms with van der Waals surface area (Å²) >= 11 is 1.71. The molecule has 4 rings (SSSR count). The van der Waals surface area contributed by atoms with E-state index in [0.29, 0.717) is 32.5 Å². The molecule has 3 saturated heterocycles. The van der Waals surface area contributed by atoms with Crippen molar-refractivity contribution in [2.45, 2.75) is 94.7 Å². The van der Waals surface area contributed by atoms with Crippen molar-refractivity contribution in [3.05, 3.63) is 55.6 Å². The fourth-order valence-electron chi connectivity index (χ4n) is 8.07. The number of fused-ring (bicyclic) bond motifs is 1. The first-order chi connectivity index (χ1) is 20.3. The number of anilines is 1. The molecule has 0 aromatic heterocycles. The lowest BCUT2D eigenvalue weighted by Gasteiger charge is -2.46. The van der Waals surface area contributed by atoms with Gasteiger partial charge in [0, 0.05) is 42.7 Å². The largest absolute Gasteiger partial charge is 0.396 e. The molecule has 3 amide bonds. The molecule has 236 valence electrons. The van der Waals surface area contributed by atoms with Gasteiger partial charge in [0.05, 0.1) is 16.6 Å². The van der Waals surface area contributed by atoms with E-state index < -0.39 is 28.2 Å². The molecular weight excluding hydrogens is 558 g/mol. The Morgan fingerprint density at radius 2 is 1.72 bits per heavy atom. The van der Waals surface area contributed by atoms with E-state index >= 15 is 0 Å². The number of para-hydroxylation sites is 1. The molecule has 3 heterocycles. The van der Waals surface area contributed by atoms with E-state index in [9.17, 15) is 19.5 Å². The normalized spacial score (nSPS) is 26.4. The van der Waals surface area contributed by atoms with Crippen molar-refractivity contribution in [3.63, 3.8) is 0 Å². The molecule has 0 aliphatic carbocycles. The number of nitrogens with zero attached hydrogens (tertiary/aromatic N) is 3. The number of unbranched alkanes of at least 4 members (excludes halogenated alkanes) is 2. The highest BCUT2D eigenvalue weighted by atomic mass is 32.2. The lowest BCUT2D eigenvalue weighted by Crippen LogP contribution is -2.60. The van der Waals surface area contributed by atoms with Crippen LogP contribution in [0.3, 0.4) is 0 Å². The summed E-state index contributed by atoms with van der Waals surface area (Å²) in [6.45, 7) is 19.9. The van der Waals surface area contributed by atoms with Gasteiger partial charge < -0.3 is 19.8 Å². The number of thioether (sulfide) groups is 1. The third-order valence-corrected chi connectivity index (χ3v) is 11.2. The molecule has 7 nitrogen and oxygen atoms in total. The van der Waals surface area contributed by atoms with Gasteiger partial charge in [0.25, 0.3) is 0 Å². The van der Waals surface area contributed by atoms with Crippen molar-refractivity contribution in [2.75, 3.05) is 31.1 Å². The second-order valence-electron chi connectivity index (χ2n) is 14.2. The molecule has 1 spiro atoms. The van der Waals surface area contributed by atoms with Crippen LogP contribution in [0.5, 0.6) is 0 Å². The maximum atomic E-state index is 14.9. The summed E-state index contributed by atoms with van der Waals surface area (Å²) in [7, 11) is 0. The molecule has 0 saturated carbocycles. The van der Waals surface area contributed by atoms with Gasteiger partial charge in [0.2, 0.25) is 17.7 Å². The van der Waals surface area contributed by atoms with Gasteiger partial charge in [0.1, 0.15) is 6.04 Å². The first-order valence-electron chi connectivity index (χ1n) is 15.8. The summed E-state index contributed by atoms with van der Waals surface area (Å²) in [5, 5.41) is 9.35. The Labute approximate surface area is 262 Å². The van der Waals surface area contributed by atoms with Gasteiger partial charge >= 0.3 is 0 Å². The maximum absolute atomic E-state index is 14.9. The zero-order valence-corrected chi connectivity index (χ0v) is 27.6. The lowest BCUT2D eigenvalue weighted by atomic mass is 9.70. The second kappa shape index (κ2) is 13.2. The molecule has 5 atom stereocenters. The Balaban J connectivity index is 1.75. The third kappa shape index (κ3) is 6.46. The average Bonchev–Trinajstić information content (AvgIpc) is 3.58. The zero-order chi connectivity index (χ0) is 31.6. The minimum atomic E-state index is -0.649. The highest BCUT2D eigenvalue weighted by Crippen LogP contribution is 2.67. The molecule has 3 aliphatic heterocycles. The minimum absolute atomic E-state index is 0.0103. The summed E-state index contributed by atoms with van der Waals surface area (Å²) in [4.78, 5) is 49.3. The van der Waals surface area contributed by atoms with Crippen LogP contribution in [0.4, 0.5) is 5.69 Å². The third-order valence-electron chi connectivity index (χ3n) is 9.29. The summed E-state index contributed by atoms with van der Waals surface area (Å²) in [6.07, 6.45) is 7.95. The molecule has 3 aliphatic rings. The van der Waals surface area contributed by atoms with Gasteiger partial charge in [-0.3, -0.25) is 14.4 Å². The van der Waals surface area contributed by atoms with Crippen molar-refractivity contribution in [1.82, 2.24) is 9.80 Å². The highest BCUT2D eigenvalue weighted by molar-refractivity contribution is 8.02. The van der Waals surface area contributed by atoms with Gasteiger partial charge in [-0.15, -0.1) is 24.9 Å². The van der Waals surface area contributed by atoms with Crippen molar-refractivity contribution in [1.29, 1.82) is 0 Å². The quantitative estimate of drug-likeness (QED) is 0.217. The van der Waals surface area contributed by atoms with Crippen LogP contribution in [-0.2, 0) is 14.4 Å². The van der Waals surface area contributed by atoms with Gasteiger partial charge in [-0.05, 0) is 69.9 Å². The number of hydrogen-bond acceptors (Lipinski definition) is 5. The number of hydrogen-bond donors (Lipinski definition) is 1. The molecule has 2 bridgehead atoms. The number of rotatable bonds is 14. The van der Waals surface area contributed by atoms with E-state index in [0.717, 1.165) is 31.4 Å². The van der Waals surface area contributed by atoms with Crippen LogP contribution in [-0.4, -0.2) is 80.4 Å². The summed E-state index contributed by atoms with van der Waals surface area (Å²) in [6, 6.07) is 8.93. The molecule has 1 aromatic rings. The van der Waals surface area contributed by atoms with Gasteiger partial charge in [-0.25, -0.2) is 0 Å². The van der Waals surface area contributed by atoms with Crippen LogP contribution in [0, 0.1) is 17.3 Å². The fraction of sp³-hybridized carbons (Fsp3) is 0.629. The first kappa shape index (κ1) is 33.3. The van der Waals surface area contributed by atoms with Gasteiger partial charge in [-0.2, -0.15) is 0 Å². The molecule has 43 heavy (non-hydrogen) atoms. The number of benzene rings is 1. The number of aliphatic hydroxyl groups excluding tert-OH is 1. The number of aliphatic hydroxyl groups is 1. The Morgan fingerprint density at radius 3 is 2.33 bits per heavy atom. The number of amides is 3. The van der Waals surface area contributed by atoms with Crippen LogP contribution in [0.2, 0.25) is 0 Å². The van der Waals surface area contributed by atoms with E-state index in [1.807, 2.05) is 40.1 Å². The minimum Gasteiger partial charge on any atom is -0.396 e. The van der Waals surface area contributed by atoms with E-state index in [-0.39, 0.29) is 35.0 Å². The monoisotopic (exact) mass is 609 g/mol. The standard InChI is InChI=1S/C35H51N3O4S/c1-8-20-36(25-16-12-10-13-17-25)30(40)27-26-18-19-35(43-26)28(27)31(41)37(22-14-11-15-23-39)29(35)32(42)38(21-9-2)34(6,7)24-33(3,4)5/h8-10,12-13,16-17,26-29,39H,1-2,11,14-15,18-24H2,3-7H3/t26-,27+,28-,29?,35?/m0/s1.